The van der Waals surface area contributed by atoms with Crippen molar-refractivity contribution in [2.24, 2.45) is 5.10 Å². The van der Waals surface area contributed by atoms with Gasteiger partial charge in [-0.25, -0.2) is 0 Å². The minimum atomic E-state index is -3.61. The lowest BCUT2D eigenvalue weighted by molar-refractivity contribution is 0.584. The Labute approximate surface area is 132 Å². The average molecular weight is 400 g/mol. The second-order valence-corrected chi connectivity index (χ2v) is 7.02. The van der Waals surface area contributed by atoms with Crippen molar-refractivity contribution in [1.82, 2.24) is 4.83 Å². The molecule has 0 aliphatic carbocycles. The first kappa shape index (κ1) is 15.0. The molecule has 0 fully saturated rings. The highest BCUT2D eigenvalue weighted by atomic mass is 127. The van der Waals surface area contributed by atoms with Crippen LogP contribution in [0.4, 0.5) is 0 Å². The van der Waals surface area contributed by atoms with Crippen LogP contribution in [0.15, 0.2) is 64.6 Å². The highest BCUT2D eigenvalue weighted by Crippen LogP contribution is 2.10. The fraction of sp³-hybridized carbons (Fsp3) is 0.0714. The maximum absolute atomic E-state index is 12.0. The van der Waals surface area contributed by atoms with Gasteiger partial charge in [0.25, 0.3) is 10.0 Å². The van der Waals surface area contributed by atoms with Gasteiger partial charge in [0.15, 0.2) is 0 Å². The van der Waals surface area contributed by atoms with Crippen molar-refractivity contribution in [3.05, 3.63) is 63.7 Å². The summed E-state index contributed by atoms with van der Waals surface area (Å²) < 4.78 is 25.1. The monoisotopic (exact) mass is 400 g/mol. The van der Waals surface area contributed by atoms with Crippen LogP contribution < -0.4 is 4.83 Å². The van der Waals surface area contributed by atoms with E-state index in [1.165, 1.54) is 12.1 Å². The number of halogens is 1. The van der Waals surface area contributed by atoms with E-state index < -0.39 is 10.0 Å². The van der Waals surface area contributed by atoms with Crippen molar-refractivity contribution in [2.45, 2.75) is 11.8 Å². The molecule has 104 valence electrons. The Kier molecular flexibility index (Phi) is 4.77. The molecule has 0 saturated heterocycles. The molecule has 0 aromatic heterocycles. The van der Waals surface area contributed by atoms with Gasteiger partial charge in [-0.2, -0.15) is 18.4 Å². The molecule has 2 rings (SSSR count). The third kappa shape index (κ3) is 3.80. The van der Waals surface area contributed by atoms with Gasteiger partial charge in [-0.05, 0) is 59.3 Å². The van der Waals surface area contributed by atoms with Crippen LogP contribution in [0.2, 0.25) is 0 Å². The molecular weight excluding hydrogens is 387 g/mol. The van der Waals surface area contributed by atoms with E-state index in [-0.39, 0.29) is 4.90 Å². The average Bonchev–Trinajstić information content (AvgIpc) is 2.46. The Morgan fingerprint density at radius 2 is 1.80 bits per heavy atom. The second kappa shape index (κ2) is 6.36. The molecule has 4 nitrogen and oxygen atoms in total. The summed E-state index contributed by atoms with van der Waals surface area (Å²) >= 11 is 2.20. The highest BCUT2D eigenvalue weighted by Gasteiger charge is 2.11. The van der Waals surface area contributed by atoms with E-state index >= 15 is 0 Å². The van der Waals surface area contributed by atoms with Crippen molar-refractivity contribution in [3.8, 4) is 0 Å². The van der Waals surface area contributed by atoms with Gasteiger partial charge in [0.2, 0.25) is 0 Å². The summed E-state index contributed by atoms with van der Waals surface area (Å²) in [6.07, 6.45) is 0. The molecule has 0 spiro atoms. The van der Waals surface area contributed by atoms with Crippen LogP contribution in [0.1, 0.15) is 12.5 Å². The predicted molar refractivity (Wildman–Crippen MR) is 88.1 cm³/mol. The van der Waals surface area contributed by atoms with E-state index in [9.17, 15) is 8.42 Å². The topological polar surface area (TPSA) is 58.5 Å². The van der Waals surface area contributed by atoms with Gasteiger partial charge < -0.3 is 0 Å². The summed E-state index contributed by atoms with van der Waals surface area (Å²) in [5, 5.41) is 3.96. The molecule has 20 heavy (non-hydrogen) atoms. The number of benzene rings is 2. The standard InChI is InChI=1S/C14H13IN2O2S/c1-11(12-6-5-7-13(15)10-12)16-17-20(18,19)14-8-3-2-4-9-14/h2-10,17H,1H3/b16-11+. The minimum absolute atomic E-state index is 0.194. The molecule has 0 amide bonds. The molecule has 0 heterocycles. The summed E-state index contributed by atoms with van der Waals surface area (Å²) in [6, 6.07) is 15.9. The van der Waals surface area contributed by atoms with E-state index in [1.807, 2.05) is 24.3 Å². The van der Waals surface area contributed by atoms with Crippen LogP contribution in [-0.2, 0) is 10.0 Å². The lowest BCUT2D eigenvalue weighted by atomic mass is 10.1. The fourth-order valence-corrected chi connectivity index (χ4v) is 2.98. The zero-order valence-corrected chi connectivity index (χ0v) is 13.7. The van der Waals surface area contributed by atoms with Gasteiger partial charge in [0.1, 0.15) is 0 Å². The van der Waals surface area contributed by atoms with Crippen molar-refractivity contribution >= 4 is 38.3 Å². The van der Waals surface area contributed by atoms with Crippen molar-refractivity contribution in [3.63, 3.8) is 0 Å². The quantitative estimate of drug-likeness (QED) is 0.488. The van der Waals surface area contributed by atoms with E-state index in [0.29, 0.717) is 5.71 Å². The van der Waals surface area contributed by atoms with Crippen LogP contribution in [0.25, 0.3) is 0 Å². The smallest absolute Gasteiger partial charge is 0.200 e. The van der Waals surface area contributed by atoms with E-state index in [0.717, 1.165) is 9.13 Å². The Morgan fingerprint density at radius 1 is 1.10 bits per heavy atom. The minimum Gasteiger partial charge on any atom is -0.200 e. The molecule has 2 aromatic rings. The number of nitrogens with one attached hydrogen (secondary N) is 1. The molecule has 2 aromatic carbocycles. The number of sulfonamides is 1. The fourth-order valence-electron chi connectivity index (χ4n) is 1.56. The molecule has 1 N–H and O–H groups in total. The first-order valence-electron chi connectivity index (χ1n) is 5.86. The van der Waals surface area contributed by atoms with Crippen LogP contribution in [0.3, 0.4) is 0 Å². The molecule has 0 radical (unpaired) electrons. The van der Waals surface area contributed by atoms with Crippen molar-refractivity contribution in [1.29, 1.82) is 0 Å². The van der Waals surface area contributed by atoms with E-state index in [1.54, 1.807) is 25.1 Å². The van der Waals surface area contributed by atoms with Gasteiger partial charge >= 0.3 is 0 Å². The van der Waals surface area contributed by atoms with Crippen molar-refractivity contribution in [2.75, 3.05) is 0 Å². The normalized spacial score (nSPS) is 12.2. The van der Waals surface area contributed by atoms with Gasteiger partial charge in [-0.1, -0.05) is 30.3 Å². The maximum Gasteiger partial charge on any atom is 0.276 e. The molecule has 0 bridgehead atoms. The Hall–Kier alpha value is -1.41. The third-order valence-corrected chi connectivity index (χ3v) is 4.52. The number of rotatable bonds is 4. The zero-order chi connectivity index (χ0) is 14.6. The van der Waals surface area contributed by atoms with E-state index in [2.05, 4.69) is 32.5 Å². The number of nitrogens with zero attached hydrogens (tertiary/aromatic N) is 1. The number of hydrogen-bond donors (Lipinski definition) is 1. The molecule has 0 atom stereocenters. The molecule has 0 saturated carbocycles. The van der Waals surface area contributed by atoms with Crippen molar-refractivity contribution < 1.29 is 8.42 Å². The van der Waals surface area contributed by atoms with Crippen LogP contribution in [0.5, 0.6) is 0 Å². The largest absolute Gasteiger partial charge is 0.276 e. The molecule has 0 aliphatic rings. The molecule has 0 aliphatic heterocycles. The summed E-state index contributed by atoms with van der Waals surface area (Å²) in [5.41, 5.74) is 1.50. The molecular formula is C14H13IN2O2S. The Bertz CT molecular complexity index is 728. The second-order valence-electron chi connectivity index (χ2n) is 4.12. The van der Waals surface area contributed by atoms with Crippen LogP contribution in [-0.4, -0.2) is 14.1 Å². The summed E-state index contributed by atoms with van der Waals surface area (Å²) in [7, 11) is -3.61. The maximum atomic E-state index is 12.0. The predicted octanol–water partition coefficient (Wildman–Crippen LogP) is 2.99. The highest BCUT2D eigenvalue weighted by molar-refractivity contribution is 14.1. The summed E-state index contributed by atoms with van der Waals surface area (Å²) in [5.74, 6) is 0. The van der Waals surface area contributed by atoms with Gasteiger partial charge in [-0.3, -0.25) is 0 Å². The molecule has 0 unspecified atom stereocenters. The number of hydrogen-bond acceptors (Lipinski definition) is 3. The summed E-state index contributed by atoms with van der Waals surface area (Å²) in [6.45, 7) is 1.76. The first-order chi connectivity index (χ1) is 9.49. The van der Waals surface area contributed by atoms with Gasteiger partial charge in [0, 0.05) is 3.57 Å². The Morgan fingerprint density at radius 3 is 2.45 bits per heavy atom. The Balaban J connectivity index is 2.21. The third-order valence-electron chi connectivity index (χ3n) is 2.63. The van der Waals surface area contributed by atoms with Gasteiger partial charge in [-0.15, -0.1) is 0 Å². The van der Waals surface area contributed by atoms with Gasteiger partial charge in [0.05, 0.1) is 10.6 Å². The zero-order valence-electron chi connectivity index (χ0n) is 10.7. The number of hydrazone groups is 1. The van der Waals surface area contributed by atoms with Crippen LogP contribution >= 0.6 is 22.6 Å². The van der Waals surface area contributed by atoms with E-state index in [4.69, 9.17) is 0 Å². The summed E-state index contributed by atoms with van der Waals surface area (Å²) in [4.78, 5) is 2.44. The first-order valence-corrected chi connectivity index (χ1v) is 8.42. The lowest BCUT2D eigenvalue weighted by Gasteiger charge is -2.05. The SMILES string of the molecule is C/C(=N\NS(=O)(=O)c1ccccc1)c1cccc(I)c1. The van der Waals surface area contributed by atoms with Crippen LogP contribution in [0, 0.1) is 3.57 Å². The molecule has 6 heteroatoms. The lowest BCUT2D eigenvalue weighted by Crippen LogP contribution is -2.19.